The Bertz CT molecular complexity index is 1510. The average molecular weight is 446 g/mol. The van der Waals surface area contributed by atoms with Gasteiger partial charge in [-0.05, 0) is 54.1 Å². The number of carbonyl (C=O) groups is 2. The number of aromatic amines is 1. The number of benzene rings is 2. The molecule has 2 aromatic carbocycles. The molecule has 0 amide bonds. The molecule has 33 heavy (non-hydrogen) atoms. The lowest BCUT2D eigenvalue weighted by Gasteiger charge is -2.09. The molecule has 0 unspecified atom stereocenters. The normalized spacial score (nSPS) is 11.4. The molecule has 0 bridgehead atoms. The topological polar surface area (TPSA) is 124 Å². The van der Waals surface area contributed by atoms with E-state index in [-0.39, 0.29) is 28.0 Å². The predicted molar refractivity (Wildman–Crippen MR) is 118 cm³/mol. The van der Waals surface area contributed by atoms with Crippen LogP contribution >= 0.6 is 0 Å². The maximum atomic E-state index is 13.0. The van der Waals surface area contributed by atoms with Crippen molar-refractivity contribution in [3.8, 4) is 17.2 Å². The first-order valence-corrected chi connectivity index (χ1v) is 9.66. The first-order valence-electron chi connectivity index (χ1n) is 9.66. The molecular formula is C24H18N2O7. The van der Waals surface area contributed by atoms with Crippen molar-refractivity contribution in [3.05, 3.63) is 98.7 Å². The number of carbonyl (C=O) groups excluding carboxylic acids is 1. The SMILES string of the molecule is C=c1[nH]n(-c2cccc(C(=O)O)c2)c(=O)/c1=C\c1ccc(OC(=O)c2ccco2)c(OC)c1. The van der Waals surface area contributed by atoms with Crippen LogP contribution in [0.15, 0.2) is 70.1 Å². The van der Waals surface area contributed by atoms with E-state index in [1.54, 1.807) is 36.4 Å². The summed E-state index contributed by atoms with van der Waals surface area (Å²) in [5.41, 5.74) is 0.601. The number of carboxylic acid groups (broad SMARTS) is 1. The number of aromatic nitrogens is 2. The van der Waals surface area contributed by atoms with Crippen LogP contribution in [0, 0.1) is 0 Å². The van der Waals surface area contributed by atoms with E-state index >= 15 is 0 Å². The van der Waals surface area contributed by atoms with Gasteiger partial charge in [0.25, 0.3) is 5.56 Å². The van der Waals surface area contributed by atoms with Crippen molar-refractivity contribution >= 4 is 24.6 Å². The highest BCUT2D eigenvalue weighted by Gasteiger charge is 2.15. The predicted octanol–water partition coefficient (Wildman–Crippen LogP) is 1.92. The van der Waals surface area contributed by atoms with E-state index in [1.165, 1.54) is 42.3 Å². The van der Waals surface area contributed by atoms with Crippen molar-refractivity contribution in [2.45, 2.75) is 0 Å². The molecule has 0 aliphatic carbocycles. The molecule has 0 fully saturated rings. The molecule has 0 saturated carbocycles. The fourth-order valence-electron chi connectivity index (χ4n) is 3.17. The first-order chi connectivity index (χ1) is 15.9. The van der Waals surface area contributed by atoms with Crippen LogP contribution in [0.5, 0.6) is 11.5 Å². The van der Waals surface area contributed by atoms with E-state index in [4.69, 9.17) is 13.9 Å². The zero-order valence-corrected chi connectivity index (χ0v) is 17.4. The molecule has 0 spiro atoms. The van der Waals surface area contributed by atoms with E-state index < -0.39 is 17.5 Å². The van der Waals surface area contributed by atoms with Gasteiger partial charge in [0, 0.05) is 0 Å². The van der Waals surface area contributed by atoms with Crippen LogP contribution in [0.4, 0.5) is 0 Å². The van der Waals surface area contributed by atoms with E-state index in [0.29, 0.717) is 16.6 Å². The summed E-state index contributed by atoms with van der Waals surface area (Å²) in [5, 5.41) is 12.7. The molecule has 4 aromatic rings. The minimum atomic E-state index is -1.10. The molecule has 0 aliphatic heterocycles. The lowest BCUT2D eigenvalue weighted by Crippen LogP contribution is -2.34. The standard InChI is InChI=1S/C24H18N2O7/c1-14-18(22(27)26(25-14)17-6-3-5-16(13-17)23(28)29)11-15-8-9-19(21(12-15)31-2)33-24(30)20-7-4-10-32-20/h3-13,25H,1H2,2H3,(H,28,29)/b18-11-. The molecule has 9 nitrogen and oxygen atoms in total. The van der Waals surface area contributed by atoms with Crippen LogP contribution in [0.3, 0.4) is 0 Å². The maximum Gasteiger partial charge on any atom is 0.379 e. The second-order valence-electron chi connectivity index (χ2n) is 6.92. The highest BCUT2D eigenvalue weighted by Crippen LogP contribution is 2.29. The lowest BCUT2D eigenvalue weighted by molar-refractivity contribution is 0.0687. The molecule has 2 N–H and O–H groups in total. The Morgan fingerprint density at radius 2 is 1.94 bits per heavy atom. The number of ether oxygens (including phenoxy) is 2. The zero-order valence-electron chi connectivity index (χ0n) is 17.4. The summed E-state index contributed by atoms with van der Waals surface area (Å²) in [6.45, 7) is 3.87. The second kappa shape index (κ2) is 8.75. The van der Waals surface area contributed by atoms with Gasteiger partial charge in [-0.25, -0.2) is 14.3 Å². The smallest absolute Gasteiger partial charge is 0.379 e. The molecule has 9 heteroatoms. The quantitative estimate of drug-likeness (QED) is 0.343. The Hall–Kier alpha value is -4.79. The van der Waals surface area contributed by atoms with Crippen LogP contribution in [0.25, 0.3) is 18.3 Å². The minimum absolute atomic E-state index is 0.0502. The van der Waals surface area contributed by atoms with E-state index in [1.807, 2.05) is 0 Å². The van der Waals surface area contributed by atoms with Gasteiger partial charge < -0.3 is 19.0 Å². The van der Waals surface area contributed by atoms with E-state index in [2.05, 4.69) is 11.7 Å². The molecular weight excluding hydrogens is 428 g/mol. The van der Waals surface area contributed by atoms with Crippen LogP contribution in [0.2, 0.25) is 0 Å². The number of rotatable bonds is 6. The fourth-order valence-corrected chi connectivity index (χ4v) is 3.17. The number of H-pyrrole nitrogens is 1. The van der Waals surface area contributed by atoms with Crippen LogP contribution < -0.4 is 25.6 Å². The summed E-state index contributed by atoms with van der Waals surface area (Å²) in [5.74, 6) is -1.26. The number of nitrogens with zero attached hydrogens (tertiary/aromatic N) is 1. The van der Waals surface area contributed by atoms with Crippen molar-refractivity contribution in [1.82, 2.24) is 9.78 Å². The summed E-state index contributed by atoms with van der Waals surface area (Å²) in [4.78, 5) is 36.4. The van der Waals surface area contributed by atoms with Crippen LogP contribution in [-0.2, 0) is 0 Å². The summed E-state index contributed by atoms with van der Waals surface area (Å²) in [6, 6.07) is 13.8. The number of hydrogen-bond acceptors (Lipinski definition) is 6. The molecule has 2 aromatic heterocycles. The van der Waals surface area contributed by atoms with E-state index in [9.17, 15) is 19.5 Å². The Morgan fingerprint density at radius 3 is 2.64 bits per heavy atom. The number of aromatic carboxylic acids is 1. The van der Waals surface area contributed by atoms with Crippen molar-refractivity contribution in [1.29, 1.82) is 0 Å². The average Bonchev–Trinajstić information content (AvgIpc) is 3.44. The molecule has 0 atom stereocenters. The van der Waals surface area contributed by atoms with Crippen molar-refractivity contribution < 1.29 is 28.6 Å². The highest BCUT2D eigenvalue weighted by atomic mass is 16.6. The molecule has 0 radical (unpaired) electrons. The first kappa shape index (κ1) is 21.4. The molecule has 166 valence electrons. The Kier molecular flexibility index (Phi) is 5.69. The van der Waals surface area contributed by atoms with Gasteiger partial charge in [0.2, 0.25) is 5.76 Å². The number of esters is 1. The largest absolute Gasteiger partial charge is 0.493 e. The summed E-state index contributed by atoms with van der Waals surface area (Å²) < 4.78 is 16.9. The number of furan rings is 1. The lowest BCUT2D eigenvalue weighted by atomic mass is 10.1. The molecule has 2 heterocycles. The van der Waals surface area contributed by atoms with Gasteiger partial charge in [-0.3, -0.25) is 9.89 Å². The fraction of sp³-hybridized carbons (Fsp3) is 0.0417. The number of carboxylic acids is 1. The summed E-state index contributed by atoms with van der Waals surface area (Å²) in [7, 11) is 1.43. The van der Waals surface area contributed by atoms with Gasteiger partial charge in [-0.2, -0.15) is 0 Å². The zero-order chi connectivity index (χ0) is 23.5. The Labute approximate surface area is 186 Å². The molecule has 0 saturated heterocycles. The van der Waals surface area contributed by atoms with Gasteiger partial charge in [0.15, 0.2) is 11.5 Å². The highest BCUT2D eigenvalue weighted by molar-refractivity contribution is 5.88. The van der Waals surface area contributed by atoms with Crippen molar-refractivity contribution in [2.24, 2.45) is 0 Å². The molecule has 4 rings (SSSR count). The van der Waals surface area contributed by atoms with Crippen molar-refractivity contribution in [2.75, 3.05) is 7.11 Å². The van der Waals surface area contributed by atoms with E-state index in [0.717, 1.165) is 0 Å². The number of nitrogens with one attached hydrogen (secondary N) is 1. The number of hydrogen-bond donors (Lipinski definition) is 2. The second-order valence-corrected chi connectivity index (χ2v) is 6.92. The van der Waals surface area contributed by atoms with Gasteiger partial charge in [-0.15, -0.1) is 0 Å². The monoisotopic (exact) mass is 446 g/mol. The molecule has 0 aliphatic rings. The third kappa shape index (κ3) is 4.33. The van der Waals surface area contributed by atoms with Crippen LogP contribution in [0.1, 0.15) is 26.5 Å². The summed E-state index contributed by atoms with van der Waals surface area (Å²) >= 11 is 0. The number of methoxy groups -OCH3 is 1. The maximum absolute atomic E-state index is 13.0. The summed E-state index contributed by atoms with van der Waals surface area (Å²) in [6.07, 6.45) is 2.96. The van der Waals surface area contributed by atoms with Gasteiger partial charge in [-0.1, -0.05) is 18.7 Å². The minimum Gasteiger partial charge on any atom is -0.493 e. The third-order valence-corrected chi connectivity index (χ3v) is 4.78. The Morgan fingerprint density at radius 1 is 1.12 bits per heavy atom. The van der Waals surface area contributed by atoms with Gasteiger partial charge >= 0.3 is 11.9 Å². The van der Waals surface area contributed by atoms with Gasteiger partial charge in [0.05, 0.1) is 35.2 Å². The van der Waals surface area contributed by atoms with Crippen molar-refractivity contribution in [3.63, 3.8) is 0 Å². The van der Waals surface area contributed by atoms with Gasteiger partial charge in [0.1, 0.15) is 0 Å². The van der Waals surface area contributed by atoms with Crippen LogP contribution in [-0.4, -0.2) is 33.9 Å². The Balaban J connectivity index is 1.70. The third-order valence-electron chi connectivity index (χ3n) is 4.78.